The van der Waals surface area contributed by atoms with Crippen molar-refractivity contribution in [2.75, 3.05) is 11.8 Å². The molecule has 1 aromatic carbocycles. The Labute approximate surface area is 132 Å². The van der Waals surface area contributed by atoms with Crippen LogP contribution in [0.2, 0.25) is 0 Å². The molecular weight excluding hydrogens is 302 g/mol. The van der Waals surface area contributed by atoms with Crippen molar-refractivity contribution in [3.05, 3.63) is 53.1 Å². The molecule has 0 saturated heterocycles. The van der Waals surface area contributed by atoms with E-state index in [1.54, 1.807) is 32.0 Å². The molecule has 0 spiro atoms. The van der Waals surface area contributed by atoms with Crippen LogP contribution >= 0.6 is 0 Å². The van der Waals surface area contributed by atoms with Crippen LogP contribution in [-0.2, 0) is 4.79 Å². The molecule has 8 heteroatoms. The maximum atomic E-state index is 11.7. The van der Waals surface area contributed by atoms with E-state index in [0.717, 1.165) is 5.56 Å². The van der Waals surface area contributed by atoms with E-state index in [1.807, 2.05) is 0 Å². The molecule has 0 bridgehead atoms. The number of carbonyl (C=O) groups is 1. The summed E-state index contributed by atoms with van der Waals surface area (Å²) in [6.45, 7) is 3.08. The van der Waals surface area contributed by atoms with Gasteiger partial charge in [0.05, 0.1) is 12.0 Å². The van der Waals surface area contributed by atoms with Gasteiger partial charge in [-0.1, -0.05) is 6.07 Å². The van der Waals surface area contributed by atoms with Gasteiger partial charge in [-0.2, -0.15) is 5.10 Å². The van der Waals surface area contributed by atoms with E-state index < -0.39 is 5.91 Å². The SMILES string of the molecule is C/C(=N\NC(=O)COc1ccc(C)cc1N([O-])O)c1ccco1. The minimum atomic E-state index is -0.516. The highest BCUT2D eigenvalue weighted by molar-refractivity contribution is 5.96. The van der Waals surface area contributed by atoms with Gasteiger partial charge in [0.1, 0.15) is 17.2 Å². The van der Waals surface area contributed by atoms with Crippen LogP contribution in [0.4, 0.5) is 5.69 Å². The van der Waals surface area contributed by atoms with E-state index in [-0.39, 0.29) is 23.3 Å². The van der Waals surface area contributed by atoms with Gasteiger partial charge in [-0.25, -0.2) is 5.43 Å². The van der Waals surface area contributed by atoms with Gasteiger partial charge in [-0.15, -0.1) is 0 Å². The molecule has 2 N–H and O–H groups in total. The fourth-order valence-corrected chi connectivity index (χ4v) is 1.76. The lowest BCUT2D eigenvalue weighted by Gasteiger charge is -2.24. The normalized spacial score (nSPS) is 11.2. The second kappa shape index (κ2) is 7.43. The van der Waals surface area contributed by atoms with Crippen molar-refractivity contribution in [1.82, 2.24) is 5.43 Å². The molecule has 23 heavy (non-hydrogen) atoms. The van der Waals surface area contributed by atoms with Crippen LogP contribution in [0.3, 0.4) is 0 Å². The first kappa shape index (κ1) is 16.5. The third kappa shape index (κ3) is 4.56. The highest BCUT2D eigenvalue weighted by Gasteiger charge is 2.08. The van der Waals surface area contributed by atoms with Crippen LogP contribution in [-0.4, -0.2) is 23.4 Å². The topological polar surface area (TPSA) is 110 Å². The fraction of sp³-hybridized carbons (Fsp3) is 0.200. The Hall–Kier alpha value is -2.84. The zero-order chi connectivity index (χ0) is 16.8. The van der Waals surface area contributed by atoms with Gasteiger partial charge in [0.25, 0.3) is 5.91 Å². The predicted octanol–water partition coefficient (Wildman–Crippen LogP) is 2.20. The molecule has 0 aliphatic heterocycles. The monoisotopic (exact) mass is 318 g/mol. The molecular formula is C15H16N3O5-. The minimum Gasteiger partial charge on any atom is -0.733 e. The first-order chi connectivity index (χ1) is 11.0. The summed E-state index contributed by atoms with van der Waals surface area (Å²) in [5.74, 6) is 0.113. The smallest absolute Gasteiger partial charge is 0.277 e. The van der Waals surface area contributed by atoms with Gasteiger partial charge in [0.15, 0.2) is 6.61 Å². The second-order valence-corrected chi connectivity index (χ2v) is 4.74. The van der Waals surface area contributed by atoms with E-state index in [0.29, 0.717) is 11.5 Å². The molecule has 1 aromatic heterocycles. The lowest BCUT2D eigenvalue weighted by molar-refractivity contribution is -0.123. The van der Waals surface area contributed by atoms with Gasteiger partial charge < -0.3 is 19.6 Å². The number of anilines is 1. The van der Waals surface area contributed by atoms with E-state index in [4.69, 9.17) is 14.4 Å². The lowest BCUT2D eigenvalue weighted by atomic mass is 10.2. The van der Waals surface area contributed by atoms with Gasteiger partial charge in [-0.05, 0) is 43.7 Å². The van der Waals surface area contributed by atoms with Crippen molar-refractivity contribution in [3.63, 3.8) is 0 Å². The third-order valence-electron chi connectivity index (χ3n) is 2.91. The molecule has 0 aliphatic rings. The zero-order valence-electron chi connectivity index (χ0n) is 12.6. The van der Waals surface area contributed by atoms with E-state index >= 15 is 0 Å². The van der Waals surface area contributed by atoms with Crippen molar-refractivity contribution >= 4 is 17.3 Å². The lowest BCUT2D eigenvalue weighted by Crippen LogP contribution is -2.26. The number of furan rings is 1. The largest absolute Gasteiger partial charge is 0.733 e. The minimum absolute atomic E-state index is 0.0759. The number of rotatable bonds is 6. The number of nitrogens with one attached hydrogen (secondary N) is 1. The third-order valence-corrected chi connectivity index (χ3v) is 2.91. The summed E-state index contributed by atoms with van der Waals surface area (Å²) < 4.78 is 10.4. The molecule has 0 unspecified atom stereocenters. The molecule has 8 nitrogen and oxygen atoms in total. The van der Waals surface area contributed by atoms with Crippen molar-refractivity contribution in [2.24, 2.45) is 5.10 Å². The zero-order valence-corrected chi connectivity index (χ0v) is 12.6. The van der Waals surface area contributed by atoms with Crippen LogP contribution in [0.15, 0.2) is 46.1 Å². The summed E-state index contributed by atoms with van der Waals surface area (Å²) in [5, 5.41) is 23.7. The Morgan fingerprint density at radius 1 is 1.48 bits per heavy atom. The summed E-state index contributed by atoms with van der Waals surface area (Å²) in [6, 6.07) is 8.06. The quantitative estimate of drug-likeness (QED) is 0.624. The Balaban J connectivity index is 1.93. The average Bonchev–Trinajstić information content (AvgIpc) is 3.05. The molecule has 0 aliphatic carbocycles. The first-order valence-electron chi connectivity index (χ1n) is 6.74. The maximum Gasteiger partial charge on any atom is 0.277 e. The molecule has 2 aromatic rings. The number of benzene rings is 1. The Morgan fingerprint density at radius 2 is 2.26 bits per heavy atom. The van der Waals surface area contributed by atoms with Crippen LogP contribution in [0.1, 0.15) is 18.2 Å². The predicted molar refractivity (Wildman–Crippen MR) is 83.4 cm³/mol. The molecule has 0 fully saturated rings. The highest BCUT2D eigenvalue weighted by Crippen LogP contribution is 2.27. The summed E-state index contributed by atoms with van der Waals surface area (Å²) in [7, 11) is 0. The van der Waals surface area contributed by atoms with Gasteiger partial charge >= 0.3 is 0 Å². The van der Waals surface area contributed by atoms with Crippen molar-refractivity contribution in [1.29, 1.82) is 0 Å². The van der Waals surface area contributed by atoms with Gasteiger partial charge in [-0.3, -0.25) is 10.0 Å². The number of hydrazone groups is 1. The van der Waals surface area contributed by atoms with Gasteiger partial charge in [0.2, 0.25) is 0 Å². The van der Waals surface area contributed by atoms with Crippen LogP contribution < -0.4 is 15.4 Å². The Morgan fingerprint density at radius 3 is 2.91 bits per heavy atom. The summed E-state index contributed by atoms with van der Waals surface area (Å²) >= 11 is 0. The van der Waals surface area contributed by atoms with Crippen molar-refractivity contribution in [3.8, 4) is 5.75 Å². The summed E-state index contributed by atoms with van der Waals surface area (Å²) in [4.78, 5) is 11.7. The Kier molecular flexibility index (Phi) is 5.34. The molecule has 0 radical (unpaired) electrons. The summed E-state index contributed by atoms with van der Waals surface area (Å²) in [5.41, 5.74) is 3.50. The molecule has 1 amide bonds. The number of ether oxygens (including phenoxy) is 1. The van der Waals surface area contributed by atoms with Crippen molar-refractivity contribution in [2.45, 2.75) is 13.8 Å². The summed E-state index contributed by atoms with van der Waals surface area (Å²) in [6.07, 6.45) is 1.50. The van der Waals surface area contributed by atoms with Crippen LogP contribution in [0, 0.1) is 12.1 Å². The number of aryl methyl sites for hydroxylation is 1. The first-order valence-corrected chi connectivity index (χ1v) is 6.74. The number of carbonyl (C=O) groups excluding carboxylic acids is 1. The molecule has 1 heterocycles. The number of hydrogen-bond donors (Lipinski definition) is 2. The number of nitrogens with zero attached hydrogens (tertiary/aromatic N) is 2. The van der Waals surface area contributed by atoms with E-state index in [2.05, 4.69) is 10.5 Å². The molecule has 122 valence electrons. The number of amides is 1. The Bertz CT molecular complexity index is 695. The maximum absolute atomic E-state index is 11.7. The second-order valence-electron chi connectivity index (χ2n) is 4.74. The van der Waals surface area contributed by atoms with E-state index in [9.17, 15) is 10.0 Å². The van der Waals surface area contributed by atoms with E-state index in [1.165, 1.54) is 18.4 Å². The van der Waals surface area contributed by atoms with Crippen LogP contribution in [0.5, 0.6) is 5.75 Å². The fourth-order valence-electron chi connectivity index (χ4n) is 1.76. The number of hydrogen-bond acceptors (Lipinski definition) is 7. The van der Waals surface area contributed by atoms with Crippen LogP contribution in [0.25, 0.3) is 0 Å². The molecule has 2 rings (SSSR count). The van der Waals surface area contributed by atoms with Crippen molar-refractivity contribution < 1.29 is 19.2 Å². The highest BCUT2D eigenvalue weighted by atomic mass is 16.8. The standard InChI is InChI=1S/C15H16N3O5/c1-10-5-6-14(12(8-10)18(20)21)23-9-15(19)17-16-11(2)13-4-3-7-22-13/h3-8,20H,9H2,1-2H3,(H,17,19)/q-1/b16-11+. The molecule has 0 atom stereocenters. The average molecular weight is 318 g/mol. The molecule has 0 saturated carbocycles. The van der Waals surface area contributed by atoms with Gasteiger partial charge in [0, 0.05) is 0 Å².